The molecular formula is C21H30O3. The summed E-state index contributed by atoms with van der Waals surface area (Å²) in [5.41, 5.74) is 1.47. The predicted octanol–water partition coefficient (Wildman–Crippen LogP) is 3.19. The topological polar surface area (TPSA) is 49.7 Å². The van der Waals surface area contributed by atoms with Crippen LogP contribution in [0.1, 0.15) is 65.2 Å². The molecule has 24 heavy (non-hydrogen) atoms. The van der Waals surface area contributed by atoms with Crippen molar-refractivity contribution < 1.29 is 14.9 Å². The molecule has 1 saturated heterocycles. The first-order chi connectivity index (χ1) is 11.4. The molecule has 9 unspecified atom stereocenters. The Labute approximate surface area is 144 Å². The Morgan fingerprint density at radius 1 is 1.08 bits per heavy atom. The summed E-state index contributed by atoms with van der Waals surface area (Å²) in [6.45, 7) is 4.53. The summed E-state index contributed by atoms with van der Waals surface area (Å²) >= 11 is 0. The molecule has 0 amide bonds. The molecule has 0 aromatic carbocycles. The van der Waals surface area contributed by atoms with Crippen molar-refractivity contribution in [1.82, 2.24) is 0 Å². The van der Waals surface area contributed by atoms with Crippen molar-refractivity contribution in [2.24, 2.45) is 28.6 Å². The van der Waals surface area contributed by atoms with Gasteiger partial charge < -0.3 is 14.9 Å². The van der Waals surface area contributed by atoms with Gasteiger partial charge in [0.2, 0.25) is 0 Å². The maximum atomic E-state index is 10.9. The van der Waals surface area contributed by atoms with Crippen LogP contribution in [0, 0.1) is 28.6 Å². The van der Waals surface area contributed by atoms with E-state index in [0.717, 1.165) is 51.4 Å². The second kappa shape index (κ2) is 3.97. The first-order valence-electron chi connectivity index (χ1n) is 10.2. The fourth-order valence-electron chi connectivity index (χ4n) is 8.52. The van der Waals surface area contributed by atoms with Crippen molar-refractivity contribution in [3.63, 3.8) is 0 Å². The van der Waals surface area contributed by atoms with Gasteiger partial charge in [0.05, 0.1) is 23.4 Å². The third-order valence-corrected chi connectivity index (χ3v) is 9.67. The van der Waals surface area contributed by atoms with Crippen molar-refractivity contribution in [3.05, 3.63) is 11.6 Å². The van der Waals surface area contributed by atoms with Crippen LogP contribution in [0.3, 0.4) is 0 Å². The van der Waals surface area contributed by atoms with Crippen molar-refractivity contribution in [3.8, 4) is 0 Å². The average Bonchev–Trinajstić information content (AvgIpc) is 3.17. The Bertz CT molecular complexity index is 657. The lowest BCUT2D eigenvalue weighted by molar-refractivity contribution is -0.226. The largest absolute Gasteiger partial charge is 0.393 e. The number of ether oxygens (including phenoxy) is 1. The molecule has 0 radical (unpaired) electrons. The normalized spacial score (nSPS) is 66.2. The zero-order valence-corrected chi connectivity index (χ0v) is 14.9. The van der Waals surface area contributed by atoms with Gasteiger partial charge in [-0.25, -0.2) is 0 Å². The predicted molar refractivity (Wildman–Crippen MR) is 90.3 cm³/mol. The van der Waals surface area contributed by atoms with Crippen LogP contribution in [0.15, 0.2) is 11.6 Å². The molecule has 4 bridgehead atoms. The van der Waals surface area contributed by atoms with Gasteiger partial charge in [0, 0.05) is 11.3 Å². The van der Waals surface area contributed by atoms with Gasteiger partial charge >= 0.3 is 0 Å². The molecule has 3 saturated carbocycles. The average molecular weight is 330 g/mol. The summed E-state index contributed by atoms with van der Waals surface area (Å²) < 4.78 is 7.18. The molecule has 9 atom stereocenters. The van der Waals surface area contributed by atoms with Gasteiger partial charge in [-0.15, -0.1) is 0 Å². The minimum Gasteiger partial charge on any atom is -0.393 e. The number of hydrogen-bond acceptors (Lipinski definition) is 3. The molecule has 2 aliphatic heterocycles. The zero-order valence-electron chi connectivity index (χ0n) is 14.9. The van der Waals surface area contributed by atoms with Crippen LogP contribution in [0.2, 0.25) is 0 Å². The maximum Gasteiger partial charge on any atom is 0.0908 e. The van der Waals surface area contributed by atoms with Gasteiger partial charge in [-0.3, -0.25) is 0 Å². The summed E-state index contributed by atoms with van der Waals surface area (Å²) in [6.07, 6.45) is 10.9. The highest BCUT2D eigenvalue weighted by molar-refractivity contribution is 5.44. The number of hydrogen-bond donors (Lipinski definition) is 2. The van der Waals surface area contributed by atoms with Crippen LogP contribution in [0.5, 0.6) is 0 Å². The SMILES string of the molecule is CC1CC23CCC4(O2)C2CCC(O)C2(C)CCC42C=C3C(C2)C1O. The lowest BCUT2D eigenvalue weighted by Gasteiger charge is -2.60. The van der Waals surface area contributed by atoms with Crippen LogP contribution in [-0.4, -0.2) is 33.6 Å². The van der Waals surface area contributed by atoms with Crippen LogP contribution in [0.25, 0.3) is 0 Å². The maximum absolute atomic E-state index is 10.9. The first kappa shape index (κ1) is 14.8. The van der Waals surface area contributed by atoms with E-state index >= 15 is 0 Å². The first-order valence-corrected chi connectivity index (χ1v) is 10.2. The van der Waals surface area contributed by atoms with Crippen LogP contribution >= 0.6 is 0 Å². The summed E-state index contributed by atoms with van der Waals surface area (Å²) in [7, 11) is 0. The molecule has 6 aliphatic rings. The molecule has 132 valence electrons. The van der Waals surface area contributed by atoms with E-state index in [4.69, 9.17) is 4.74 Å². The molecule has 3 spiro atoms. The number of aliphatic hydroxyl groups is 2. The van der Waals surface area contributed by atoms with Gasteiger partial charge in [-0.05, 0) is 74.2 Å². The third kappa shape index (κ3) is 1.28. The molecule has 3 heteroatoms. The van der Waals surface area contributed by atoms with Gasteiger partial charge in [0.25, 0.3) is 0 Å². The van der Waals surface area contributed by atoms with E-state index in [1.54, 1.807) is 0 Å². The Morgan fingerprint density at radius 3 is 2.75 bits per heavy atom. The van der Waals surface area contributed by atoms with Crippen LogP contribution in [0.4, 0.5) is 0 Å². The van der Waals surface area contributed by atoms with Gasteiger partial charge in [-0.1, -0.05) is 19.9 Å². The van der Waals surface area contributed by atoms with E-state index in [1.165, 1.54) is 5.57 Å². The molecule has 2 heterocycles. The summed E-state index contributed by atoms with van der Waals surface area (Å²) in [5, 5.41) is 21.6. The highest BCUT2D eigenvalue weighted by Gasteiger charge is 2.77. The van der Waals surface area contributed by atoms with Crippen molar-refractivity contribution >= 4 is 0 Å². The second-order valence-electron chi connectivity index (χ2n) is 10.4. The molecule has 2 N–H and O–H groups in total. The summed E-state index contributed by atoms with van der Waals surface area (Å²) in [5.74, 6) is 1.14. The number of fused-ring (bicyclic) bond motifs is 1. The fourth-order valence-corrected chi connectivity index (χ4v) is 8.52. The van der Waals surface area contributed by atoms with Gasteiger partial charge in [0.1, 0.15) is 0 Å². The van der Waals surface area contributed by atoms with Gasteiger partial charge in [0.15, 0.2) is 0 Å². The van der Waals surface area contributed by atoms with E-state index in [0.29, 0.717) is 17.8 Å². The second-order valence-corrected chi connectivity index (χ2v) is 10.4. The van der Waals surface area contributed by atoms with E-state index < -0.39 is 0 Å². The smallest absolute Gasteiger partial charge is 0.0908 e. The molecule has 6 rings (SSSR count). The molecule has 0 aromatic rings. The molecule has 0 aromatic heterocycles. The molecule has 3 nitrogen and oxygen atoms in total. The van der Waals surface area contributed by atoms with Crippen molar-refractivity contribution in [2.45, 2.75) is 88.6 Å². The standard InChI is InChI=1S/C21H30O3/c1-12-9-20-7-8-21(24-20)15-3-4-16(22)18(15,2)5-6-19(21)10-13(17(12)23)14(20)11-19/h11-13,15-17,22-23H,3-10H2,1-2H3. The molecular weight excluding hydrogens is 300 g/mol. The van der Waals surface area contributed by atoms with Crippen molar-refractivity contribution in [2.75, 3.05) is 0 Å². The van der Waals surface area contributed by atoms with Crippen LogP contribution in [-0.2, 0) is 4.74 Å². The lowest BCUT2D eigenvalue weighted by atomic mass is 9.49. The Hall–Kier alpha value is -0.380. The summed E-state index contributed by atoms with van der Waals surface area (Å²) in [6, 6.07) is 0. The summed E-state index contributed by atoms with van der Waals surface area (Å²) in [4.78, 5) is 0. The third-order valence-electron chi connectivity index (χ3n) is 9.67. The van der Waals surface area contributed by atoms with Gasteiger partial charge in [-0.2, -0.15) is 0 Å². The Balaban J connectivity index is 1.55. The quantitative estimate of drug-likeness (QED) is 0.671. The zero-order chi connectivity index (χ0) is 16.5. The van der Waals surface area contributed by atoms with E-state index in [2.05, 4.69) is 19.9 Å². The minimum absolute atomic E-state index is 0.0308. The monoisotopic (exact) mass is 330 g/mol. The fraction of sp³-hybridized carbons (Fsp3) is 0.905. The van der Waals surface area contributed by atoms with E-state index in [-0.39, 0.29) is 34.2 Å². The minimum atomic E-state index is -0.191. The Kier molecular flexibility index (Phi) is 2.44. The van der Waals surface area contributed by atoms with Crippen LogP contribution < -0.4 is 0 Å². The van der Waals surface area contributed by atoms with E-state index in [9.17, 15) is 10.2 Å². The molecule has 4 fully saturated rings. The Morgan fingerprint density at radius 2 is 1.92 bits per heavy atom. The number of aliphatic hydroxyl groups excluding tert-OH is 2. The molecule has 4 aliphatic carbocycles. The highest BCUT2D eigenvalue weighted by Crippen LogP contribution is 2.77. The van der Waals surface area contributed by atoms with E-state index in [1.807, 2.05) is 0 Å². The highest BCUT2D eigenvalue weighted by atomic mass is 16.5. The number of rotatable bonds is 0. The van der Waals surface area contributed by atoms with Crippen molar-refractivity contribution in [1.29, 1.82) is 0 Å². The lowest BCUT2D eigenvalue weighted by Crippen LogP contribution is -2.62.